The molecule has 0 aliphatic carbocycles. The van der Waals surface area contributed by atoms with Gasteiger partial charge in [0.25, 0.3) is 0 Å². The molecular weight excluding hydrogens is 478 g/mol. The molecule has 2 aromatic carbocycles. The molecule has 4 heterocycles. The normalized spacial score (nSPS) is 19.0. The van der Waals surface area contributed by atoms with E-state index in [0.717, 1.165) is 38.2 Å². The van der Waals surface area contributed by atoms with Gasteiger partial charge in [-0.15, -0.1) is 0 Å². The number of fused-ring (bicyclic) bond motifs is 3. The van der Waals surface area contributed by atoms with Crippen molar-refractivity contribution >= 4 is 39.2 Å². The predicted octanol–water partition coefficient (Wildman–Crippen LogP) is 5.65. The molecule has 2 aliphatic heterocycles. The van der Waals surface area contributed by atoms with Gasteiger partial charge in [-0.1, -0.05) is 39.7 Å². The Bertz CT molecular complexity index is 1320. The molecule has 2 atom stereocenters. The number of nitrogens with one attached hydrogen (secondary N) is 1. The molecule has 0 amide bonds. The molecule has 0 saturated heterocycles. The molecular formula is C23H15BrClN5O. The monoisotopic (exact) mass is 491 g/mol. The molecule has 0 saturated carbocycles. The summed E-state index contributed by atoms with van der Waals surface area (Å²) in [5.41, 5.74) is 4.98. The molecule has 0 bridgehead atoms. The smallest absolute Gasteiger partial charge is 0.226 e. The van der Waals surface area contributed by atoms with Gasteiger partial charge in [-0.25, -0.2) is 4.68 Å². The molecule has 0 radical (unpaired) electrons. The largest absolute Gasteiger partial charge is 0.480 e. The summed E-state index contributed by atoms with van der Waals surface area (Å²) in [7, 11) is 0. The first-order valence-electron chi connectivity index (χ1n) is 9.71. The lowest BCUT2D eigenvalue weighted by Gasteiger charge is -2.39. The number of nitrogens with zero attached hydrogens (tertiary/aromatic N) is 4. The lowest BCUT2D eigenvalue weighted by Crippen LogP contribution is -2.32. The molecule has 8 heteroatoms. The molecule has 1 N–H and O–H groups in total. The fourth-order valence-electron chi connectivity index (χ4n) is 4.22. The molecule has 6 rings (SSSR count). The van der Waals surface area contributed by atoms with Crippen molar-refractivity contribution in [2.75, 3.05) is 5.32 Å². The van der Waals surface area contributed by atoms with E-state index in [1.807, 2.05) is 47.1 Å². The Labute approximate surface area is 191 Å². The Morgan fingerprint density at radius 2 is 1.81 bits per heavy atom. The summed E-state index contributed by atoms with van der Waals surface area (Å²) in [6.07, 6.45) is 4.79. The van der Waals surface area contributed by atoms with Gasteiger partial charge in [0.2, 0.25) is 5.95 Å². The number of benzene rings is 2. The maximum atomic E-state index is 6.55. The third-order valence-electron chi connectivity index (χ3n) is 5.57. The quantitative estimate of drug-likeness (QED) is 0.392. The van der Waals surface area contributed by atoms with Crippen LogP contribution in [0, 0.1) is 0 Å². The highest BCUT2D eigenvalue weighted by molar-refractivity contribution is 9.10. The average molecular weight is 493 g/mol. The van der Waals surface area contributed by atoms with E-state index < -0.39 is 0 Å². The van der Waals surface area contributed by atoms with Gasteiger partial charge in [-0.3, -0.25) is 4.98 Å². The number of aromatic nitrogens is 4. The lowest BCUT2D eigenvalue weighted by molar-refractivity contribution is 0.223. The molecule has 4 aromatic rings. The number of rotatable bonds is 2. The minimum atomic E-state index is -0.329. The Morgan fingerprint density at radius 1 is 1.00 bits per heavy atom. The Kier molecular flexibility index (Phi) is 4.33. The Hall–Kier alpha value is -3.16. The van der Waals surface area contributed by atoms with Gasteiger partial charge in [0, 0.05) is 33.0 Å². The van der Waals surface area contributed by atoms with E-state index in [9.17, 15) is 0 Å². The van der Waals surface area contributed by atoms with Crippen molar-refractivity contribution in [1.29, 1.82) is 0 Å². The molecule has 2 aromatic heterocycles. The van der Waals surface area contributed by atoms with Crippen molar-refractivity contribution in [2.45, 2.75) is 12.1 Å². The van der Waals surface area contributed by atoms with Crippen molar-refractivity contribution < 1.29 is 4.74 Å². The standard InChI is InChI=1S/C23H15BrClN5O/c24-15-3-1-13(2-4-15)21-19-20(29-23-27-12-28-30(21)23)17-11-16(25)5-6-18(17)31-22(19)14-7-9-26-10-8-14/h1-12,21-22H,(H,27,28,29)/t21-,22-/m1/s1. The van der Waals surface area contributed by atoms with Crippen LogP contribution in [0.25, 0.3) is 5.70 Å². The SMILES string of the molecule is Clc1ccc2c(c1)C1=C([C@@H](c3ccncc3)O2)[C@@H](c2ccc(Br)cc2)n2ncnc2N1. The van der Waals surface area contributed by atoms with Gasteiger partial charge in [-0.2, -0.15) is 10.1 Å². The van der Waals surface area contributed by atoms with Gasteiger partial charge in [0.05, 0.1) is 5.70 Å². The number of hydrogen-bond acceptors (Lipinski definition) is 5. The first-order valence-corrected chi connectivity index (χ1v) is 10.9. The molecule has 6 nitrogen and oxygen atoms in total. The number of hydrogen-bond donors (Lipinski definition) is 1. The average Bonchev–Trinajstić information content (AvgIpc) is 3.27. The van der Waals surface area contributed by atoms with E-state index in [1.165, 1.54) is 0 Å². The van der Waals surface area contributed by atoms with Crippen LogP contribution in [-0.4, -0.2) is 19.7 Å². The van der Waals surface area contributed by atoms with Crippen LogP contribution in [0.1, 0.15) is 28.8 Å². The van der Waals surface area contributed by atoms with Crippen molar-refractivity contribution in [3.63, 3.8) is 0 Å². The topological polar surface area (TPSA) is 64.9 Å². The van der Waals surface area contributed by atoms with E-state index >= 15 is 0 Å². The van der Waals surface area contributed by atoms with E-state index in [2.05, 4.69) is 48.4 Å². The van der Waals surface area contributed by atoms with Crippen LogP contribution < -0.4 is 10.1 Å². The zero-order valence-corrected chi connectivity index (χ0v) is 18.4. The summed E-state index contributed by atoms with van der Waals surface area (Å²) >= 11 is 9.89. The van der Waals surface area contributed by atoms with Crippen molar-refractivity contribution in [3.8, 4) is 5.75 Å². The number of ether oxygens (including phenoxy) is 1. The highest BCUT2D eigenvalue weighted by Crippen LogP contribution is 2.50. The maximum absolute atomic E-state index is 6.55. The predicted molar refractivity (Wildman–Crippen MR) is 122 cm³/mol. The fraction of sp³-hybridized carbons (Fsp3) is 0.0870. The minimum absolute atomic E-state index is 0.202. The van der Waals surface area contributed by atoms with Crippen LogP contribution in [0.15, 0.2) is 83.4 Å². The van der Waals surface area contributed by atoms with E-state index in [4.69, 9.17) is 16.3 Å². The van der Waals surface area contributed by atoms with Crippen LogP contribution >= 0.6 is 27.5 Å². The van der Waals surface area contributed by atoms with Crippen LogP contribution in [-0.2, 0) is 0 Å². The molecule has 0 unspecified atom stereocenters. The van der Waals surface area contributed by atoms with Gasteiger partial charge >= 0.3 is 0 Å². The molecule has 152 valence electrons. The summed E-state index contributed by atoms with van der Waals surface area (Å²) in [4.78, 5) is 8.63. The number of anilines is 1. The third-order valence-corrected chi connectivity index (χ3v) is 6.33. The van der Waals surface area contributed by atoms with Gasteiger partial charge in [-0.05, 0) is 53.6 Å². The van der Waals surface area contributed by atoms with Crippen LogP contribution in [0.3, 0.4) is 0 Å². The fourth-order valence-corrected chi connectivity index (χ4v) is 4.66. The second-order valence-corrected chi connectivity index (χ2v) is 8.71. The Balaban J connectivity index is 1.64. The van der Waals surface area contributed by atoms with Crippen LogP contribution in [0.2, 0.25) is 5.02 Å². The van der Waals surface area contributed by atoms with Crippen LogP contribution in [0.5, 0.6) is 5.75 Å². The van der Waals surface area contributed by atoms with E-state index in [0.29, 0.717) is 11.0 Å². The summed E-state index contributed by atoms with van der Waals surface area (Å²) in [5.74, 6) is 1.44. The summed E-state index contributed by atoms with van der Waals surface area (Å²) in [6, 6.07) is 17.7. The maximum Gasteiger partial charge on any atom is 0.226 e. The highest BCUT2D eigenvalue weighted by atomic mass is 79.9. The first-order chi connectivity index (χ1) is 15.2. The van der Waals surface area contributed by atoms with Crippen molar-refractivity contribution in [3.05, 3.63) is 105 Å². The lowest BCUT2D eigenvalue weighted by atomic mass is 9.85. The second-order valence-electron chi connectivity index (χ2n) is 7.36. The summed E-state index contributed by atoms with van der Waals surface area (Å²) < 4.78 is 9.47. The highest BCUT2D eigenvalue weighted by Gasteiger charge is 2.40. The summed E-state index contributed by atoms with van der Waals surface area (Å²) in [5, 5.41) is 8.66. The molecule has 2 aliphatic rings. The van der Waals surface area contributed by atoms with Crippen LogP contribution in [0.4, 0.5) is 5.95 Å². The van der Waals surface area contributed by atoms with Gasteiger partial charge < -0.3 is 10.1 Å². The van der Waals surface area contributed by atoms with E-state index in [1.54, 1.807) is 18.7 Å². The summed E-state index contributed by atoms with van der Waals surface area (Å²) in [6.45, 7) is 0. The first kappa shape index (κ1) is 18.6. The van der Waals surface area contributed by atoms with Crippen molar-refractivity contribution in [1.82, 2.24) is 19.7 Å². The van der Waals surface area contributed by atoms with Gasteiger partial charge in [0.1, 0.15) is 24.2 Å². The van der Waals surface area contributed by atoms with E-state index in [-0.39, 0.29) is 12.1 Å². The van der Waals surface area contributed by atoms with Gasteiger partial charge in [0.15, 0.2) is 0 Å². The number of pyridine rings is 1. The zero-order chi connectivity index (χ0) is 20.9. The molecule has 0 spiro atoms. The van der Waals surface area contributed by atoms with Crippen molar-refractivity contribution in [2.24, 2.45) is 0 Å². The number of halogens is 2. The Morgan fingerprint density at radius 3 is 2.61 bits per heavy atom. The second kappa shape index (κ2) is 7.21. The molecule has 0 fully saturated rings. The minimum Gasteiger partial charge on any atom is -0.480 e. The molecule has 31 heavy (non-hydrogen) atoms. The zero-order valence-electron chi connectivity index (χ0n) is 16.0. The third kappa shape index (κ3) is 3.04.